The molecule has 0 aliphatic carbocycles. The maximum Gasteiger partial charge on any atom is 0.407 e. The van der Waals surface area contributed by atoms with Crippen molar-refractivity contribution in [2.24, 2.45) is 0 Å². The predicted molar refractivity (Wildman–Crippen MR) is 72.2 cm³/mol. The van der Waals surface area contributed by atoms with Gasteiger partial charge in [-0.3, -0.25) is 4.79 Å². The van der Waals surface area contributed by atoms with E-state index in [0.29, 0.717) is 0 Å². The summed E-state index contributed by atoms with van der Waals surface area (Å²) < 4.78 is 4.65. The lowest BCUT2D eigenvalue weighted by Crippen LogP contribution is -2.35. The zero-order chi connectivity index (χ0) is 15.0. The Hall–Kier alpha value is -2.15. The molecule has 0 atom stereocenters. The third-order valence-corrected chi connectivity index (χ3v) is 2.31. The molecule has 1 aromatic rings. The Morgan fingerprint density at radius 2 is 1.70 bits per heavy atom. The van der Waals surface area contributed by atoms with Gasteiger partial charge >= 0.3 is 6.09 Å². The molecule has 20 heavy (non-hydrogen) atoms. The number of hydrogen-bond acceptors (Lipinski definition) is 5. The number of alkyl halides is 1. The second kappa shape index (κ2) is 8.11. The van der Waals surface area contributed by atoms with Crippen LogP contribution >= 0.6 is 11.6 Å². The minimum absolute atomic E-state index is 0.113. The second-order valence-electron chi connectivity index (χ2n) is 3.75. The van der Waals surface area contributed by atoms with E-state index in [1.807, 2.05) is 0 Å². The number of benzene rings is 1. The molecule has 1 rings (SSSR count). The van der Waals surface area contributed by atoms with Crippen LogP contribution in [0.3, 0.4) is 0 Å². The molecule has 0 unspecified atom stereocenters. The van der Waals surface area contributed by atoms with Gasteiger partial charge in [0.2, 0.25) is 0 Å². The van der Waals surface area contributed by atoms with Crippen molar-refractivity contribution < 1.29 is 24.5 Å². The van der Waals surface area contributed by atoms with Crippen molar-refractivity contribution in [3.8, 4) is 11.5 Å². The van der Waals surface area contributed by atoms with Crippen molar-refractivity contribution >= 4 is 23.6 Å². The first-order chi connectivity index (χ1) is 9.52. The lowest BCUT2D eigenvalue weighted by molar-refractivity contribution is 0.0951. The van der Waals surface area contributed by atoms with E-state index in [-0.39, 0.29) is 42.6 Å². The third kappa shape index (κ3) is 5.66. The average molecular weight is 303 g/mol. The van der Waals surface area contributed by atoms with E-state index in [2.05, 4.69) is 15.4 Å². The van der Waals surface area contributed by atoms with Crippen molar-refractivity contribution in [2.45, 2.75) is 0 Å². The van der Waals surface area contributed by atoms with E-state index < -0.39 is 12.0 Å². The van der Waals surface area contributed by atoms with Crippen LogP contribution in [0.4, 0.5) is 4.79 Å². The van der Waals surface area contributed by atoms with E-state index in [4.69, 9.17) is 11.6 Å². The number of alkyl carbamates (subject to hydrolysis) is 1. The highest BCUT2D eigenvalue weighted by molar-refractivity contribution is 6.18. The standard InChI is InChI=1S/C12H15ClN2O5/c13-1-4-20-12(19)15-3-2-14-11(18)8-5-9(16)7-10(17)6-8/h5-7,16-17H,1-4H2,(H,14,18)(H,15,19). The van der Waals surface area contributed by atoms with Crippen molar-refractivity contribution in [1.82, 2.24) is 10.6 Å². The van der Waals surface area contributed by atoms with Crippen LogP contribution in [0.15, 0.2) is 18.2 Å². The number of ether oxygens (including phenoxy) is 1. The smallest absolute Gasteiger partial charge is 0.407 e. The number of amides is 2. The quantitative estimate of drug-likeness (QED) is 0.459. The number of carbonyl (C=O) groups excluding carboxylic acids is 2. The maximum atomic E-state index is 11.7. The zero-order valence-corrected chi connectivity index (χ0v) is 11.3. The summed E-state index contributed by atoms with van der Waals surface area (Å²) in [6.07, 6.45) is -0.616. The van der Waals surface area contributed by atoms with Gasteiger partial charge in [0, 0.05) is 24.7 Å². The molecule has 0 heterocycles. The number of halogens is 1. The fourth-order valence-electron chi connectivity index (χ4n) is 1.35. The number of hydrogen-bond donors (Lipinski definition) is 4. The molecule has 2 amide bonds. The highest BCUT2D eigenvalue weighted by atomic mass is 35.5. The Morgan fingerprint density at radius 3 is 2.30 bits per heavy atom. The monoisotopic (exact) mass is 302 g/mol. The zero-order valence-electron chi connectivity index (χ0n) is 10.6. The maximum absolute atomic E-state index is 11.7. The van der Waals surface area contributed by atoms with Gasteiger partial charge in [-0.15, -0.1) is 11.6 Å². The van der Waals surface area contributed by atoms with E-state index in [1.165, 1.54) is 12.1 Å². The molecule has 1 aromatic carbocycles. The molecule has 0 saturated heterocycles. The van der Waals surface area contributed by atoms with Crippen molar-refractivity contribution in [3.63, 3.8) is 0 Å². The highest BCUT2D eigenvalue weighted by Crippen LogP contribution is 2.19. The minimum atomic E-state index is -0.616. The molecule has 0 spiro atoms. The lowest BCUT2D eigenvalue weighted by Gasteiger charge is -2.08. The van der Waals surface area contributed by atoms with Gasteiger partial charge in [0.05, 0.1) is 5.88 Å². The molecule has 7 nitrogen and oxygen atoms in total. The molecule has 0 bridgehead atoms. The topological polar surface area (TPSA) is 108 Å². The Balaban J connectivity index is 2.31. The summed E-state index contributed by atoms with van der Waals surface area (Å²) in [6, 6.07) is 3.56. The molecule has 0 radical (unpaired) electrons. The van der Waals surface area contributed by atoms with Crippen molar-refractivity contribution in [3.05, 3.63) is 23.8 Å². The summed E-state index contributed by atoms with van der Waals surface area (Å²) >= 11 is 5.34. The fraction of sp³-hybridized carbons (Fsp3) is 0.333. The van der Waals surface area contributed by atoms with Gasteiger partial charge in [0.25, 0.3) is 5.91 Å². The predicted octanol–water partition coefficient (Wildman–Crippen LogP) is 0.793. The molecule has 4 N–H and O–H groups in total. The van der Waals surface area contributed by atoms with Gasteiger partial charge in [-0.25, -0.2) is 4.79 Å². The van der Waals surface area contributed by atoms with Crippen LogP contribution in [-0.2, 0) is 4.74 Å². The van der Waals surface area contributed by atoms with Crippen LogP contribution in [0.25, 0.3) is 0 Å². The number of carbonyl (C=O) groups is 2. The Bertz CT molecular complexity index is 461. The lowest BCUT2D eigenvalue weighted by atomic mass is 10.2. The first-order valence-corrected chi connectivity index (χ1v) is 6.34. The van der Waals surface area contributed by atoms with Crippen LogP contribution in [0, 0.1) is 0 Å². The van der Waals surface area contributed by atoms with Crippen molar-refractivity contribution in [2.75, 3.05) is 25.6 Å². The molecular weight excluding hydrogens is 288 g/mol. The van der Waals surface area contributed by atoms with Crippen LogP contribution < -0.4 is 10.6 Å². The van der Waals surface area contributed by atoms with Gasteiger partial charge in [0.15, 0.2) is 0 Å². The number of rotatable bonds is 6. The van der Waals surface area contributed by atoms with Crippen LogP contribution in [-0.4, -0.2) is 47.8 Å². The number of nitrogens with one attached hydrogen (secondary N) is 2. The van der Waals surface area contributed by atoms with Gasteiger partial charge in [-0.1, -0.05) is 0 Å². The summed E-state index contributed by atoms with van der Waals surface area (Å²) in [5.41, 5.74) is 0.118. The van der Waals surface area contributed by atoms with Gasteiger partial charge in [-0.05, 0) is 12.1 Å². The van der Waals surface area contributed by atoms with Gasteiger partial charge in [0.1, 0.15) is 18.1 Å². The fourth-order valence-corrected chi connectivity index (χ4v) is 1.43. The molecule has 0 fully saturated rings. The largest absolute Gasteiger partial charge is 0.508 e. The van der Waals surface area contributed by atoms with Crippen LogP contribution in [0.2, 0.25) is 0 Å². The molecule has 0 aromatic heterocycles. The minimum Gasteiger partial charge on any atom is -0.508 e. The Kier molecular flexibility index (Phi) is 6.45. The molecule has 8 heteroatoms. The summed E-state index contributed by atoms with van der Waals surface area (Å²) in [7, 11) is 0. The highest BCUT2D eigenvalue weighted by Gasteiger charge is 2.08. The Labute approximate surface area is 120 Å². The second-order valence-corrected chi connectivity index (χ2v) is 4.12. The van der Waals surface area contributed by atoms with Gasteiger partial charge < -0.3 is 25.6 Å². The molecule has 110 valence electrons. The molecule has 0 aliphatic heterocycles. The summed E-state index contributed by atoms with van der Waals surface area (Å²) in [6.45, 7) is 0.463. The first kappa shape index (κ1) is 15.9. The van der Waals surface area contributed by atoms with Crippen LogP contribution in [0.5, 0.6) is 11.5 Å². The summed E-state index contributed by atoms with van der Waals surface area (Å²) in [5, 5.41) is 23.4. The van der Waals surface area contributed by atoms with E-state index in [1.54, 1.807) is 0 Å². The summed E-state index contributed by atoms with van der Waals surface area (Å²) in [5.74, 6) is -0.687. The van der Waals surface area contributed by atoms with Crippen molar-refractivity contribution in [1.29, 1.82) is 0 Å². The van der Waals surface area contributed by atoms with E-state index in [9.17, 15) is 19.8 Å². The SMILES string of the molecule is O=C(NCCNC(=O)c1cc(O)cc(O)c1)OCCCl. The molecule has 0 aliphatic rings. The third-order valence-electron chi connectivity index (χ3n) is 2.15. The van der Waals surface area contributed by atoms with E-state index in [0.717, 1.165) is 6.07 Å². The molecule has 0 saturated carbocycles. The average Bonchev–Trinajstić information content (AvgIpc) is 2.40. The number of phenols is 2. The van der Waals surface area contributed by atoms with E-state index >= 15 is 0 Å². The summed E-state index contributed by atoms with van der Waals surface area (Å²) in [4.78, 5) is 22.7. The number of aromatic hydroxyl groups is 2. The normalized spacial score (nSPS) is 9.85. The van der Waals surface area contributed by atoms with Gasteiger partial charge in [-0.2, -0.15) is 0 Å². The number of phenolic OH excluding ortho intramolecular Hbond substituents is 2. The first-order valence-electron chi connectivity index (χ1n) is 5.80. The Morgan fingerprint density at radius 1 is 1.10 bits per heavy atom. The molecular formula is C12H15ClN2O5. The van der Waals surface area contributed by atoms with Crippen LogP contribution in [0.1, 0.15) is 10.4 Å².